The Hall–Kier alpha value is -1.69. The summed E-state index contributed by atoms with van der Waals surface area (Å²) in [6.07, 6.45) is 7.62. The van der Waals surface area contributed by atoms with E-state index >= 15 is 0 Å². The Morgan fingerprint density at radius 3 is 2.94 bits per heavy atom. The topological polar surface area (TPSA) is 60.6 Å². The van der Waals surface area contributed by atoms with Crippen molar-refractivity contribution in [1.29, 1.82) is 0 Å². The van der Waals surface area contributed by atoms with E-state index in [2.05, 4.69) is 27.4 Å². The van der Waals surface area contributed by atoms with Gasteiger partial charge in [-0.25, -0.2) is 9.67 Å². The molecule has 0 aliphatic rings. The van der Waals surface area contributed by atoms with Gasteiger partial charge in [-0.3, -0.25) is 4.68 Å². The second-order valence-corrected chi connectivity index (χ2v) is 4.35. The summed E-state index contributed by atoms with van der Waals surface area (Å²) in [7, 11) is 1.93. The fourth-order valence-electron chi connectivity index (χ4n) is 1.86. The van der Waals surface area contributed by atoms with E-state index in [0.717, 1.165) is 38.3 Å². The molecule has 98 valence electrons. The zero-order chi connectivity index (χ0) is 12.8. The third kappa shape index (κ3) is 3.40. The van der Waals surface area contributed by atoms with Crippen molar-refractivity contribution in [3.05, 3.63) is 30.1 Å². The van der Waals surface area contributed by atoms with Gasteiger partial charge in [-0.2, -0.15) is 10.2 Å². The largest absolute Gasteiger partial charge is 0.310 e. The second kappa shape index (κ2) is 6.30. The lowest BCUT2D eigenvalue weighted by Crippen LogP contribution is -2.20. The summed E-state index contributed by atoms with van der Waals surface area (Å²) in [6, 6.07) is 0. The molecule has 1 N–H and O–H groups in total. The Kier molecular flexibility index (Phi) is 4.46. The fraction of sp³-hybridized carbons (Fsp3) is 0.583. The van der Waals surface area contributed by atoms with E-state index in [4.69, 9.17) is 0 Å². The smallest absolute Gasteiger partial charge is 0.140 e. The molecule has 6 nitrogen and oxygen atoms in total. The van der Waals surface area contributed by atoms with Crippen LogP contribution in [0.3, 0.4) is 0 Å². The average Bonchev–Trinajstić information content (AvgIpc) is 2.95. The van der Waals surface area contributed by atoms with Crippen molar-refractivity contribution in [3.63, 3.8) is 0 Å². The molecule has 0 aliphatic carbocycles. The molecule has 2 heterocycles. The molecule has 2 aromatic heterocycles. The van der Waals surface area contributed by atoms with Gasteiger partial charge in [-0.1, -0.05) is 6.92 Å². The molecular weight excluding hydrogens is 228 g/mol. The molecule has 0 saturated carbocycles. The minimum atomic E-state index is 0.764. The zero-order valence-electron chi connectivity index (χ0n) is 11.0. The van der Waals surface area contributed by atoms with Crippen molar-refractivity contribution in [3.8, 4) is 0 Å². The maximum Gasteiger partial charge on any atom is 0.140 e. The molecule has 18 heavy (non-hydrogen) atoms. The molecule has 0 spiro atoms. The first-order chi connectivity index (χ1) is 8.79. The molecule has 0 fully saturated rings. The lowest BCUT2D eigenvalue weighted by molar-refractivity contribution is 0.543. The van der Waals surface area contributed by atoms with Crippen LogP contribution in [0.1, 0.15) is 24.7 Å². The average molecular weight is 248 g/mol. The highest BCUT2D eigenvalue weighted by molar-refractivity contribution is 5.03. The summed E-state index contributed by atoms with van der Waals surface area (Å²) in [5, 5.41) is 11.7. The van der Waals surface area contributed by atoms with E-state index in [1.165, 1.54) is 5.56 Å². The summed E-state index contributed by atoms with van der Waals surface area (Å²) < 4.78 is 3.78. The molecule has 2 aromatic rings. The predicted octanol–water partition coefficient (Wildman–Crippen LogP) is 0.754. The molecule has 0 atom stereocenters. The Morgan fingerprint density at radius 1 is 1.33 bits per heavy atom. The molecule has 0 unspecified atom stereocenters. The number of nitrogens with one attached hydrogen (secondary N) is 1. The molecule has 0 radical (unpaired) electrons. The van der Waals surface area contributed by atoms with Crippen molar-refractivity contribution in [2.24, 2.45) is 7.05 Å². The van der Waals surface area contributed by atoms with Crippen LogP contribution in [0, 0.1) is 0 Å². The van der Waals surface area contributed by atoms with Crippen LogP contribution in [0.5, 0.6) is 0 Å². The Balaban J connectivity index is 1.73. The molecule has 2 rings (SSSR count). The maximum atomic E-state index is 4.26. The maximum absolute atomic E-state index is 4.26. The number of hydrogen-bond acceptors (Lipinski definition) is 4. The van der Waals surface area contributed by atoms with Gasteiger partial charge in [0.25, 0.3) is 0 Å². The van der Waals surface area contributed by atoms with E-state index in [0.29, 0.717) is 0 Å². The second-order valence-electron chi connectivity index (χ2n) is 4.35. The summed E-state index contributed by atoms with van der Waals surface area (Å²) in [5.74, 6) is 1.00. The number of nitrogens with zero attached hydrogens (tertiary/aromatic N) is 5. The van der Waals surface area contributed by atoms with Crippen LogP contribution in [-0.2, 0) is 26.6 Å². The normalized spacial score (nSPS) is 11.0. The van der Waals surface area contributed by atoms with Crippen LogP contribution in [0.15, 0.2) is 18.7 Å². The first kappa shape index (κ1) is 12.8. The molecular formula is C12H20N6. The molecule has 0 saturated heterocycles. The molecule has 6 heteroatoms. The Labute approximate surface area is 107 Å². The Bertz CT molecular complexity index is 472. The standard InChI is InChI=1S/C12H20N6/c1-3-6-18-12(14-10-16-18)8-13-5-4-11-7-15-17(2)9-11/h7,9-10,13H,3-6,8H2,1-2H3. The van der Waals surface area contributed by atoms with Gasteiger partial charge in [-0.15, -0.1) is 0 Å². The fourth-order valence-corrected chi connectivity index (χ4v) is 1.86. The summed E-state index contributed by atoms with van der Waals surface area (Å²) in [6.45, 7) is 4.76. The van der Waals surface area contributed by atoms with E-state index in [9.17, 15) is 0 Å². The van der Waals surface area contributed by atoms with Gasteiger partial charge < -0.3 is 5.32 Å². The Morgan fingerprint density at radius 2 is 2.22 bits per heavy atom. The summed E-state index contributed by atoms with van der Waals surface area (Å²) in [4.78, 5) is 4.26. The van der Waals surface area contributed by atoms with Crippen LogP contribution in [-0.4, -0.2) is 31.1 Å². The molecule has 0 bridgehead atoms. The van der Waals surface area contributed by atoms with Gasteiger partial charge in [0, 0.05) is 19.8 Å². The molecule has 0 aliphatic heterocycles. The zero-order valence-corrected chi connectivity index (χ0v) is 11.0. The van der Waals surface area contributed by atoms with E-state index < -0.39 is 0 Å². The van der Waals surface area contributed by atoms with Gasteiger partial charge in [0.15, 0.2) is 0 Å². The highest BCUT2D eigenvalue weighted by Gasteiger charge is 2.02. The van der Waals surface area contributed by atoms with E-state index in [-0.39, 0.29) is 0 Å². The van der Waals surface area contributed by atoms with Crippen LogP contribution in [0.2, 0.25) is 0 Å². The monoisotopic (exact) mass is 248 g/mol. The van der Waals surface area contributed by atoms with Crippen molar-refractivity contribution in [2.75, 3.05) is 6.54 Å². The number of aryl methyl sites for hydroxylation is 2. The van der Waals surface area contributed by atoms with E-state index in [1.54, 1.807) is 6.33 Å². The minimum Gasteiger partial charge on any atom is -0.310 e. The lowest BCUT2D eigenvalue weighted by Gasteiger charge is -2.05. The first-order valence-electron chi connectivity index (χ1n) is 6.34. The third-order valence-corrected chi connectivity index (χ3v) is 2.76. The van der Waals surface area contributed by atoms with Crippen LogP contribution < -0.4 is 5.32 Å². The van der Waals surface area contributed by atoms with Crippen LogP contribution in [0.25, 0.3) is 0 Å². The third-order valence-electron chi connectivity index (χ3n) is 2.76. The predicted molar refractivity (Wildman–Crippen MR) is 68.9 cm³/mol. The first-order valence-corrected chi connectivity index (χ1v) is 6.34. The summed E-state index contributed by atoms with van der Waals surface area (Å²) >= 11 is 0. The minimum absolute atomic E-state index is 0.764. The molecule has 0 aromatic carbocycles. The number of rotatable bonds is 7. The van der Waals surface area contributed by atoms with E-state index in [1.807, 2.05) is 28.8 Å². The van der Waals surface area contributed by atoms with Crippen LogP contribution in [0.4, 0.5) is 0 Å². The quantitative estimate of drug-likeness (QED) is 0.735. The van der Waals surface area contributed by atoms with Crippen molar-refractivity contribution >= 4 is 0 Å². The van der Waals surface area contributed by atoms with Crippen molar-refractivity contribution in [1.82, 2.24) is 29.9 Å². The summed E-state index contributed by atoms with van der Waals surface area (Å²) in [5.41, 5.74) is 1.25. The molecule has 0 amide bonds. The van der Waals surface area contributed by atoms with Gasteiger partial charge in [-0.05, 0) is 24.9 Å². The van der Waals surface area contributed by atoms with Crippen molar-refractivity contribution in [2.45, 2.75) is 32.9 Å². The SMILES string of the molecule is CCCn1ncnc1CNCCc1cnn(C)c1. The van der Waals surface area contributed by atoms with Gasteiger partial charge >= 0.3 is 0 Å². The van der Waals surface area contributed by atoms with Gasteiger partial charge in [0.1, 0.15) is 12.2 Å². The van der Waals surface area contributed by atoms with Gasteiger partial charge in [0.05, 0.1) is 12.7 Å². The highest BCUT2D eigenvalue weighted by atomic mass is 15.3. The van der Waals surface area contributed by atoms with Crippen LogP contribution >= 0.6 is 0 Å². The van der Waals surface area contributed by atoms with Crippen molar-refractivity contribution < 1.29 is 0 Å². The van der Waals surface area contributed by atoms with Gasteiger partial charge in [0.2, 0.25) is 0 Å². The lowest BCUT2D eigenvalue weighted by atomic mass is 10.2. The number of hydrogen-bond donors (Lipinski definition) is 1. The highest BCUT2D eigenvalue weighted by Crippen LogP contribution is 1.98. The number of aromatic nitrogens is 5.